The summed E-state index contributed by atoms with van der Waals surface area (Å²) >= 11 is 0. The molecule has 0 atom stereocenters. The number of nitrogens with one attached hydrogen (secondary N) is 3. The minimum absolute atomic E-state index is 0.00888. The van der Waals surface area contributed by atoms with Gasteiger partial charge in [-0.25, -0.2) is 13.1 Å². The van der Waals surface area contributed by atoms with Crippen LogP contribution >= 0.6 is 0 Å². The van der Waals surface area contributed by atoms with E-state index in [1.54, 1.807) is 43.3 Å². The molecule has 0 aliphatic heterocycles. The Balaban J connectivity index is 1.73. The van der Waals surface area contributed by atoms with E-state index < -0.39 is 15.6 Å². The molecular weight excluding hydrogens is 396 g/mol. The summed E-state index contributed by atoms with van der Waals surface area (Å²) in [5.74, 6) is -0.389. The van der Waals surface area contributed by atoms with E-state index in [2.05, 4.69) is 15.1 Å². The van der Waals surface area contributed by atoms with Crippen molar-refractivity contribution in [3.05, 3.63) is 68.7 Å². The highest BCUT2D eigenvalue weighted by Crippen LogP contribution is 2.21. The Morgan fingerprint density at radius 2 is 1.79 bits per heavy atom. The molecule has 2 aromatic carbocycles. The van der Waals surface area contributed by atoms with Gasteiger partial charge in [0.15, 0.2) is 0 Å². The molecule has 9 nitrogen and oxygen atoms in total. The maximum absolute atomic E-state index is 12.5. The molecular formula is C19H20N4O5S. The van der Waals surface area contributed by atoms with Gasteiger partial charge in [0.1, 0.15) is 0 Å². The van der Waals surface area contributed by atoms with Crippen LogP contribution in [0.3, 0.4) is 0 Å². The summed E-state index contributed by atoms with van der Waals surface area (Å²) in [7, 11) is -3.45. The average molecular weight is 416 g/mol. The van der Waals surface area contributed by atoms with Crippen molar-refractivity contribution in [2.75, 3.05) is 16.3 Å². The van der Waals surface area contributed by atoms with Crippen LogP contribution in [0.5, 0.6) is 0 Å². The van der Waals surface area contributed by atoms with E-state index in [1.165, 1.54) is 6.07 Å². The minimum Gasteiger partial charge on any atom is -0.326 e. The smallest absolute Gasteiger partial charge is 0.273 e. The lowest BCUT2D eigenvalue weighted by Gasteiger charge is -2.11. The van der Waals surface area contributed by atoms with Gasteiger partial charge in [0.05, 0.1) is 29.3 Å². The zero-order valence-corrected chi connectivity index (χ0v) is 16.7. The van der Waals surface area contributed by atoms with E-state index in [-0.39, 0.29) is 29.8 Å². The van der Waals surface area contributed by atoms with Crippen LogP contribution in [0.15, 0.2) is 52.1 Å². The molecule has 0 spiro atoms. The normalized spacial score (nSPS) is 11.4. The highest BCUT2D eigenvalue weighted by Gasteiger charge is 2.10. The first kappa shape index (κ1) is 20.3. The molecule has 10 heteroatoms. The van der Waals surface area contributed by atoms with Crippen LogP contribution in [0.1, 0.15) is 12.0 Å². The first-order chi connectivity index (χ1) is 13.6. The second-order valence-corrected chi connectivity index (χ2v) is 8.39. The molecule has 0 saturated heterocycles. The van der Waals surface area contributed by atoms with Gasteiger partial charge in [-0.2, -0.15) is 0 Å². The third-order valence-corrected chi connectivity index (χ3v) is 4.85. The number of aromatic nitrogens is 2. The number of hydrogen-bond donors (Lipinski definition) is 3. The number of aryl methyl sites for hydroxylation is 2. The summed E-state index contributed by atoms with van der Waals surface area (Å²) in [6.45, 7) is 1.73. The molecule has 1 heterocycles. The van der Waals surface area contributed by atoms with Gasteiger partial charge < -0.3 is 5.32 Å². The summed E-state index contributed by atoms with van der Waals surface area (Å²) in [5, 5.41) is 5.71. The van der Waals surface area contributed by atoms with Crippen molar-refractivity contribution in [1.82, 2.24) is 9.78 Å². The van der Waals surface area contributed by atoms with E-state index in [0.29, 0.717) is 22.3 Å². The van der Waals surface area contributed by atoms with Gasteiger partial charge in [-0.05, 0) is 36.8 Å². The maximum Gasteiger partial charge on any atom is 0.273 e. The lowest BCUT2D eigenvalue weighted by molar-refractivity contribution is -0.116. The third-order valence-electron chi connectivity index (χ3n) is 4.26. The third kappa shape index (κ3) is 4.91. The van der Waals surface area contributed by atoms with Gasteiger partial charge in [-0.1, -0.05) is 18.2 Å². The molecule has 3 N–H and O–H groups in total. The van der Waals surface area contributed by atoms with Gasteiger partial charge in [0.2, 0.25) is 15.9 Å². The molecule has 0 aliphatic rings. The molecule has 3 rings (SSSR count). The molecule has 29 heavy (non-hydrogen) atoms. The number of hydrogen-bond acceptors (Lipinski definition) is 5. The molecule has 152 valence electrons. The number of carbonyl (C=O) groups excluding carboxylic acids is 1. The molecule has 0 bridgehead atoms. The fourth-order valence-corrected chi connectivity index (χ4v) is 3.47. The molecule has 0 radical (unpaired) electrons. The molecule has 0 saturated carbocycles. The minimum atomic E-state index is -3.45. The van der Waals surface area contributed by atoms with Crippen molar-refractivity contribution >= 4 is 38.1 Å². The Hall–Kier alpha value is -3.40. The first-order valence-electron chi connectivity index (χ1n) is 8.74. The van der Waals surface area contributed by atoms with Gasteiger partial charge in [-0.15, -0.1) is 0 Å². The zero-order valence-electron chi connectivity index (χ0n) is 15.9. The van der Waals surface area contributed by atoms with Crippen LogP contribution in [0.25, 0.3) is 10.8 Å². The van der Waals surface area contributed by atoms with Crippen molar-refractivity contribution in [3.63, 3.8) is 0 Å². The summed E-state index contributed by atoms with van der Waals surface area (Å²) < 4.78 is 26.4. The number of benzene rings is 2. The van der Waals surface area contributed by atoms with Crippen molar-refractivity contribution in [1.29, 1.82) is 0 Å². The monoisotopic (exact) mass is 416 g/mol. The zero-order chi connectivity index (χ0) is 21.2. The van der Waals surface area contributed by atoms with Gasteiger partial charge >= 0.3 is 0 Å². The molecule has 0 fully saturated rings. The summed E-state index contributed by atoms with van der Waals surface area (Å²) in [4.78, 5) is 36.8. The Kier molecular flexibility index (Phi) is 5.55. The molecule has 0 aliphatic carbocycles. The van der Waals surface area contributed by atoms with Crippen LogP contribution in [-0.4, -0.2) is 30.4 Å². The van der Waals surface area contributed by atoms with E-state index in [1.807, 2.05) is 0 Å². The van der Waals surface area contributed by atoms with E-state index >= 15 is 0 Å². The number of carbonyl (C=O) groups is 1. The number of anilines is 2. The molecule has 3 aromatic rings. The molecule has 1 amide bonds. The Bertz CT molecular complexity index is 1310. The Morgan fingerprint density at radius 1 is 1.10 bits per heavy atom. The SMILES string of the molecule is Cc1ccc(NC(=O)CCn2[nH]c(=O)c3ccccc3c2=O)cc1NS(C)(=O)=O. The maximum atomic E-state index is 12.5. The van der Waals surface area contributed by atoms with E-state index in [4.69, 9.17) is 0 Å². The predicted octanol–water partition coefficient (Wildman–Crippen LogP) is 1.40. The van der Waals surface area contributed by atoms with Gasteiger partial charge in [-0.3, -0.25) is 24.2 Å². The largest absolute Gasteiger partial charge is 0.326 e. The standard InChI is InChI=1S/C19H20N4O5S/c1-12-7-8-13(11-16(12)22-29(2,27)28)20-17(24)9-10-23-19(26)15-6-4-3-5-14(15)18(25)21-23/h3-8,11,22H,9-10H2,1-2H3,(H,20,24)(H,21,25). The summed E-state index contributed by atoms with van der Waals surface area (Å²) in [6.07, 6.45) is 0.983. The lowest BCUT2D eigenvalue weighted by atomic mass is 10.2. The van der Waals surface area contributed by atoms with Crippen molar-refractivity contribution in [2.45, 2.75) is 19.9 Å². The second-order valence-electron chi connectivity index (χ2n) is 6.65. The fourth-order valence-electron chi connectivity index (χ4n) is 2.85. The van der Waals surface area contributed by atoms with Gasteiger partial charge in [0.25, 0.3) is 11.1 Å². The van der Waals surface area contributed by atoms with Crippen LogP contribution in [-0.2, 0) is 21.4 Å². The fraction of sp³-hybridized carbons (Fsp3) is 0.211. The summed E-state index contributed by atoms with van der Waals surface area (Å²) in [6, 6.07) is 11.3. The quantitative estimate of drug-likeness (QED) is 0.559. The van der Waals surface area contributed by atoms with Crippen LogP contribution < -0.4 is 21.2 Å². The van der Waals surface area contributed by atoms with Crippen LogP contribution in [0.2, 0.25) is 0 Å². The molecule has 1 aromatic heterocycles. The first-order valence-corrected chi connectivity index (χ1v) is 10.6. The second kappa shape index (κ2) is 7.92. The number of H-pyrrole nitrogens is 1. The van der Waals surface area contributed by atoms with Crippen molar-refractivity contribution < 1.29 is 13.2 Å². The van der Waals surface area contributed by atoms with Crippen molar-refractivity contribution in [3.8, 4) is 0 Å². The highest BCUT2D eigenvalue weighted by molar-refractivity contribution is 7.92. The number of nitrogens with zero attached hydrogens (tertiary/aromatic N) is 1. The van der Waals surface area contributed by atoms with Crippen LogP contribution in [0, 0.1) is 6.92 Å². The van der Waals surface area contributed by atoms with E-state index in [9.17, 15) is 22.8 Å². The molecule has 0 unspecified atom stereocenters. The Morgan fingerprint density at radius 3 is 2.48 bits per heavy atom. The van der Waals surface area contributed by atoms with Crippen LogP contribution in [0.4, 0.5) is 11.4 Å². The highest BCUT2D eigenvalue weighted by atomic mass is 32.2. The number of sulfonamides is 1. The van der Waals surface area contributed by atoms with Crippen molar-refractivity contribution in [2.24, 2.45) is 0 Å². The Labute approximate surface area is 166 Å². The number of fused-ring (bicyclic) bond motifs is 1. The summed E-state index contributed by atoms with van der Waals surface area (Å²) in [5.41, 5.74) is 0.679. The lowest BCUT2D eigenvalue weighted by Crippen LogP contribution is -2.31. The topological polar surface area (TPSA) is 130 Å². The van der Waals surface area contributed by atoms with Gasteiger partial charge in [0, 0.05) is 12.1 Å². The van der Waals surface area contributed by atoms with E-state index in [0.717, 1.165) is 10.9 Å². The number of amides is 1. The number of aromatic amines is 1. The average Bonchev–Trinajstić information content (AvgIpc) is 2.65. The number of rotatable bonds is 6. The predicted molar refractivity (Wildman–Crippen MR) is 112 cm³/mol.